The third kappa shape index (κ3) is 2.98. The van der Waals surface area contributed by atoms with E-state index in [0.29, 0.717) is 17.0 Å². The van der Waals surface area contributed by atoms with Crippen molar-refractivity contribution in [1.29, 1.82) is 0 Å². The summed E-state index contributed by atoms with van der Waals surface area (Å²) in [7, 11) is 0. The smallest absolute Gasteiger partial charge is 0.318 e. The summed E-state index contributed by atoms with van der Waals surface area (Å²) in [6, 6.07) is 5.11. The van der Waals surface area contributed by atoms with E-state index in [2.05, 4.69) is 20.3 Å². The Morgan fingerprint density at radius 3 is 2.61 bits per heavy atom. The van der Waals surface area contributed by atoms with Gasteiger partial charge in [-0.1, -0.05) is 20.8 Å². The van der Waals surface area contributed by atoms with E-state index >= 15 is 0 Å². The lowest BCUT2D eigenvalue weighted by Gasteiger charge is -2.16. The Kier molecular flexibility index (Phi) is 3.48. The molecule has 3 heterocycles. The van der Waals surface area contributed by atoms with Gasteiger partial charge in [0.2, 0.25) is 0 Å². The number of nitrogens with zero attached hydrogens (tertiary/aromatic N) is 3. The van der Waals surface area contributed by atoms with Crippen LogP contribution in [-0.4, -0.2) is 25.3 Å². The van der Waals surface area contributed by atoms with Crippen molar-refractivity contribution in [1.82, 2.24) is 19.4 Å². The summed E-state index contributed by atoms with van der Waals surface area (Å²) in [4.78, 5) is 35.2. The zero-order chi connectivity index (χ0) is 16.6. The van der Waals surface area contributed by atoms with Gasteiger partial charge in [0.05, 0.1) is 23.6 Å². The Morgan fingerprint density at radius 2 is 1.96 bits per heavy atom. The largest absolute Gasteiger partial charge is 0.330 e. The van der Waals surface area contributed by atoms with Gasteiger partial charge >= 0.3 is 5.69 Å². The number of H-pyrrole nitrogens is 1. The highest BCUT2D eigenvalue weighted by atomic mass is 16.2. The second-order valence-corrected chi connectivity index (χ2v) is 6.29. The Balaban J connectivity index is 1.84. The molecule has 0 atom stereocenters. The molecule has 2 N–H and O–H groups in total. The highest BCUT2D eigenvalue weighted by Gasteiger charge is 2.17. The lowest BCUT2D eigenvalue weighted by atomic mass is 9.96. The van der Waals surface area contributed by atoms with Gasteiger partial charge in [-0.15, -0.1) is 0 Å². The molecular weight excluding hydrogens is 294 g/mol. The van der Waals surface area contributed by atoms with Crippen LogP contribution in [0.1, 0.15) is 37.1 Å². The normalized spacial score (nSPS) is 11.6. The van der Waals surface area contributed by atoms with Gasteiger partial charge in [-0.25, -0.2) is 14.8 Å². The molecule has 0 aliphatic carbocycles. The zero-order valence-electron chi connectivity index (χ0n) is 13.1. The van der Waals surface area contributed by atoms with Crippen LogP contribution in [-0.2, 0) is 5.41 Å². The van der Waals surface area contributed by atoms with E-state index in [4.69, 9.17) is 0 Å². The Labute approximate surface area is 132 Å². The minimum atomic E-state index is -0.419. The minimum absolute atomic E-state index is 0.159. The van der Waals surface area contributed by atoms with Crippen molar-refractivity contribution in [2.45, 2.75) is 26.2 Å². The lowest BCUT2D eigenvalue weighted by molar-refractivity contribution is 0.102. The summed E-state index contributed by atoms with van der Waals surface area (Å²) in [6.45, 7) is 6.04. The molecule has 0 aromatic carbocycles. The maximum atomic E-state index is 12.3. The van der Waals surface area contributed by atoms with E-state index in [1.165, 1.54) is 4.40 Å². The van der Waals surface area contributed by atoms with Crippen LogP contribution in [0.2, 0.25) is 0 Å². The predicted octanol–water partition coefficient (Wildman–Crippen LogP) is 1.97. The van der Waals surface area contributed by atoms with Crippen LogP contribution >= 0.6 is 0 Å². The molecule has 0 saturated carbocycles. The summed E-state index contributed by atoms with van der Waals surface area (Å²) in [5, 5.41) is 2.68. The second kappa shape index (κ2) is 5.35. The van der Waals surface area contributed by atoms with Crippen LogP contribution in [0.4, 0.5) is 5.69 Å². The van der Waals surface area contributed by atoms with Gasteiger partial charge in [-0.3, -0.25) is 9.20 Å². The van der Waals surface area contributed by atoms with Gasteiger partial charge in [-0.2, -0.15) is 0 Å². The van der Waals surface area contributed by atoms with Gasteiger partial charge in [0.1, 0.15) is 11.5 Å². The number of hydrogen-bond donors (Lipinski definition) is 2. The zero-order valence-corrected chi connectivity index (χ0v) is 13.1. The third-order valence-electron chi connectivity index (χ3n) is 3.36. The molecule has 7 heteroatoms. The fraction of sp³-hybridized carbons (Fsp3) is 0.250. The quantitative estimate of drug-likeness (QED) is 0.757. The first-order valence-electron chi connectivity index (χ1n) is 7.19. The lowest BCUT2D eigenvalue weighted by Crippen LogP contribution is -2.23. The number of amides is 1. The monoisotopic (exact) mass is 311 g/mol. The molecule has 0 unspecified atom stereocenters. The third-order valence-corrected chi connectivity index (χ3v) is 3.36. The maximum absolute atomic E-state index is 12.3. The van der Waals surface area contributed by atoms with Crippen molar-refractivity contribution in [3.05, 3.63) is 58.8 Å². The van der Waals surface area contributed by atoms with Crippen LogP contribution in [0.25, 0.3) is 5.52 Å². The molecule has 7 nitrogen and oxygen atoms in total. The summed E-state index contributed by atoms with van der Waals surface area (Å²) in [6.07, 6.45) is 4.74. The Bertz CT molecular complexity index is 916. The first-order chi connectivity index (χ1) is 10.8. The van der Waals surface area contributed by atoms with Crippen LogP contribution in [0.5, 0.6) is 0 Å². The van der Waals surface area contributed by atoms with Gasteiger partial charge in [-0.05, 0) is 18.2 Å². The summed E-state index contributed by atoms with van der Waals surface area (Å²) in [5.74, 6) is 0.274. The molecule has 0 fully saturated rings. The van der Waals surface area contributed by atoms with Gasteiger partial charge in [0.25, 0.3) is 5.91 Å². The summed E-state index contributed by atoms with van der Waals surface area (Å²) >= 11 is 0. The fourth-order valence-electron chi connectivity index (χ4n) is 2.16. The van der Waals surface area contributed by atoms with E-state index in [-0.39, 0.29) is 16.8 Å². The SMILES string of the molecule is CC(C)(C)c1ncc(NC(=O)c2cc3cccn3c(=O)[nH]2)cn1. The molecule has 0 radical (unpaired) electrons. The molecule has 0 aliphatic rings. The minimum Gasteiger partial charge on any atom is -0.318 e. The molecular formula is C16H17N5O2. The van der Waals surface area contributed by atoms with Crippen LogP contribution in [0.15, 0.2) is 41.6 Å². The van der Waals surface area contributed by atoms with E-state index in [1.54, 1.807) is 36.8 Å². The standard InChI is InChI=1S/C16H17N5O2/c1-16(2,3)14-17-8-10(9-18-14)19-13(22)12-7-11-5-4-6-21(11)15(23)20-12/h4-9H,1-3H3,(H,19,22)(H,20,23). The molecule has 118 valence electrons. The number of carbonyl (C=O) groups excluding carboxylic acids is 1. The van der Waals surface area contributed by atoms with Crippen molar-refractivity contribution in [2.24, 2.45) is 0 Å². The Hall–Kier alpha value is -2.96. The van der Waals surface area contributed by atoms with E-state index < -0.39 is 5.91 Å². The molecule has 23 heavy (non-hydrogen) atoms. The molecule has 0 bridgehead atoms. The average Bonchev–Trinajstić information content (AvgIpc) is 2.96. The average molecular weight is 311 g/mol. The molecule has 3 aromatic rings. The van der Waals surface area contributed by atoms with Gasteiger partial charge < -0.3 is 10.3 Å². The molecule has 0 aliphatic heterocycles. The highest BCUT2D eigenvalue weighted by Crippen LogP contribution is 2.18. The second-order valence-electron chi connectivity index (χ2n) is 6.29. The molecule has 1 amide bonds. The van der Waals surface area contributed by atoms with Gasteiger partial charge in [0.15, 0.2) is 0 Å². The van der Waals surface area contributed by atoms with Crippen LogP contribution < -0.4 is 11.0 Å². The van der Waals surface area contributed by atoms with Crippen molar-refractivity contribution in [2.75, 3.05) is 5.32 Å². The van der Waals surface area contributed by atoms with Crippen molar-refractivity contribution in [3.63, 3.8) is 0 Å². The molecule has 3 aromatic heterocycles. The van der Waals surface area contributed by atoms with E-state index in [9.17, 15) is 9.59 Å². The highest BCUT2D eigenvalue weighted by molar-refractivity contribution is 6.03. The number of anilines is 1. The Morgan fingerprint density at radius 1 is 1.26 bits per heavy atom. The number of aromatic nitrogens is 4. The maximum Gasteiger partial charge on any atom is 0.330 e. The summed E-state index contributed by atoms with van der Waals surface area (Å²) in [5.41, 5.74) is 0.781. The molecule has 3 rings (SSSR count). The number of hydrogen-bond acceptors (Lipinski definition) is 4. The van der Waals surface area contributed by atoms with Crippen molar-refractivity contribution >= 4 is 17.1 Å². The van der Waals surface area contributed by atoms with Crippen LogP contribution in [0.3, 0.4) is 0 Å². The summed E-state index contributed by atoms with van der Waals surface area (Å²) < 4.78 is 1.43. The first kappa shape index (κ1) is 15.0. The van der Waals surface area contributed by atoms with E-state index in [0.717, 1.165) is 0 Å². The molecule has 0 saturated heterocycles. The predicted molar refractivity (Wildman–Crippen MR) is 86.7 cm³/mol. The molecule has 0 spiro atoms. The number of rotatable bonds is 2. The van der Waals surface area contributed by atoms with Crippen molar-refractivity contribution in [3.8, 4) is 0 Å². The van der Waals surface area contributed by atoms with E-state index in [1.807, 2.05) is 20.8 Å². The number of fused-ring (bicyclic) bond motifs is 1. The fourth-order valence-corrected chi connectivity index (χ4v) is 2.16. The number of carbonyl (C=O) groups is 1. The van der Waals surface area contributed by atoms with Gasteiger partial charge in [0, 0.05) is 11.6 Å². The van der Waals surface area contributed by atoms with Crippen LogP contribution in [0, 0.1) is 0 Å². The first-order valence-corrected chi connectivity index (χ1v) is 7.19. The number of nitrogens with one attached hydrogen (secondary N) is 2. The number of aromatic amines is 1. The topological polar surface area (TPSA) is 92.2 Å². The van der Waals surface area contributed by atoms with Crippen molar-refractivity contribution < 1.29 is 4.79 Å².